The van der Waals surface area contributed by atoms with Gasteiger partial charge in [-0.05, 0) is 31.0 Å². The molecule has 94 valence electrons. The lowest BCUT2D eigenvalue weighted by atomic mass is 10.0. The first-order valence-electron chi connectivity index (χ1n) is 5.88. The molecule has 1 aromatic carbocycles. The Morgan fingerprint density at radius 2 is 2.18 bits per heavy atom. The average Bonchev–Trinajstić information content (AvgIpc) is 2.33. The summed E-state index contributed by atoms with van der Waals surface area (Å²) in [6.07, 6.45) is -0.347. The van der Waals surface area contributed by atoms with Crippen LogP contribution < -0.4 is 5.32 Å². The summed E-state index contributed by atoms with van der Waals surface area (Å²) in [7, 11) is 0. The fourth-order valence-corrected chi connectivity index (χ4v) is 2.10. The topological polar surface area (TPSA) is 21.3 Å². The van der Waals surface area contributed by atoms with Crippen LogP contribution in [-0.4, -0.2) is 31.5 Å². The van der Waals surface area contributed by atoms with Crippen LogP contribution in [0, 0.1) is 0 Å². The SMILES string of the molecule is CC(F)[C@H]1CN[C@@H](Cc2ccc(Cl)cc2)CO1. The molecule has 2 rings (SSSR count). The van der Waals surface area contributed by atoms with Crippen LogP contribution in [0.4, 0.5) is 4.39 Å². The van der Waals surface area contributed by atoms with Crippen molar-refractivity contribution in [1.29, 1.82) is 0 Å². The van der Waals surface area contributed by atoms with Gasteiger partial charge >= 0.3 is 0 Å². The molecule has 3 atom stereocenters. The minimum atomic E-state index is -0.918. The Morgan fingerprint density at radius 3 is 2.71 bits per heavy atom. The Morgan fingerprint density at radius 1 is 1.47 bits per heavy atom. The molecular formula is C13H17ClFNO. The molecular weight excluding hydrogens is 241 g/mol. The van der Waals surface area contributed by atoms with Crippen LogP contribution in [0.5, 0.6) is 0 Å². The summed E-state index contributed by atoms with van der Waals surface area (Å²) in [5.41, 5.74) is 1.21. The maximum Gasteiger partial charge on any atom is 0.125 e. The van der Waals surface area contributed by atoms with Gasteiger partial charge in [0.15, 0.2) is 0 Å². The Bertz CT molecular complexity index is 347. The van der Waals surface area contributed by atoms with E-state index < -0.39 is 6.17 Å². The van der Waals surface area contributed by atoms with Crippen LogP contribution in [0.25, 0.3) is 0 Å². The zero-order chi connectivity index (χ0) is 12.3. The summed E-state index contributed by atoms with van der Waals surface area (Å²) >= 11 is 5.83. The number of nitrogens with one attached hydrogen (secondary N) is 1. The van der Waals surface area contributed by atoms with Crippen molar-refractivity contribution in [3.63, 3.8) is 0 Å². The van der Waals surface area contributed by atoms with Crippen LogP contribution >= 0.6 is 11.6 Å². The van der Waals surface area contributed by atoms with Crippen LogP contribution in [0.3, 0.4) is 0 Å². The van der Waals surface area contributed by atoms with Gasteiger partial charge in [0.2, 0.25) is 0 Å². The molecule has 0 spiro atoms. The molecule has 4 heteroatoms. The molecule has 0 aromatic heterocycles. The average molecular weight is 258 g/mol. The predicted molar refractivity (Wildman–Crippen MR) is 67.3 cm³/mol. The molecule has 2 nitrogen and oxygen atoms in total. The number of alkyl halides is 1. The summed E-state index contributed by atoms with van der Waals surface area (Å²) in [4.78, 5) is 0. The highest BCUT2D eigenvalue weighted by atomic mass is 35.5. The molecule has 0 saturated carbocycles. The van der Waals surface area contributed by atoms with Crippen molar-refractivity contribution >= 4 is 11.6 Å². The number of halogens is 2. The number of morpholine rings is 1. The second kappa shape index (κ2) is 5.80. The molecule has 0 aliphatic carbocycles. The van der Waals surface area contributed by atoms with Crippen LogP contribution in [0.1, 0.15) is 12.5 Å². The molecule has 1 aliphatic heterocycles. The maximum absolute atomic E-state index is 13.0. The lowest BCUT2D eigenvalue weighted by Gasteiger charge is -2.31. The quantitative estimate of drug-likeness (QED) is 0.899. The first-order chi connectivity index (χ1) is 8.15. The van der Waals surface area contributed by atoms with E-state index in [1.807, 2.05) is 24.3 Å². The fourth-order valence-electron chi connectivity index (χ4n) is 1.97. The highest BCUT2D eigenvalue weighted by Crippen LogP contribution is 2.14. The number of rotatable bonds is 3. The van der Waals surface area contributed by atoms with E-state index in [1.165, 1.54) is 12.5 Å². The van der Waals surface area contributed by atoms with Gasteiger partial charge < -0.3 is 10.1 Å². The number of ether oxygens (including phenoxy) is 1. The van der Waals surface area contributed by atoms with Crippen molar-refractivity contribution in [2.24, 2.45) is 0 Å². The minimum absolute atomic E-state index is 0.256. The van der Waals surface area contributed by atoms with Crippen LogP contribution in [0.2, 0.25) is 5.02 Å². The summed E-state index contributed by atoms with van der Waals surface area (Å²) in [5.74, 6) is 0. The van der Waals surface area contributed by atoms with E-state index in [9.17, 15) is 4.39 Å². The highest BCUT2D eigenvalue weighted by Gasteiger charge is 2.25. The summed E-state index contributed by atoms with van der Waals surface area (Å²) in [6, 6.07) is 8.04. The van der Waals surface area contributed by atoms with E-state index in [1.54, 1.807) is 0 Å². The maximum atomic E-state index is 13.0. The molecule has 0 amide bonds. The van der Waals surface area contributed by atoms with E-state index in [2.05, 4.69) is 5.32 Å². The van der Waals surface area contributed by atoms with Crippen molar-refractivity contribution in [2.45, 2.75) is 31.7 Å². The standard InChI is InChI=1S/C13H17ClFNO/c1-9(15)13-7-16-12(8-17-13)6-10-2-4-11(14)5-3-10/h2-5,9,12-13,16H,6-8H2,1H3/t9?,12-,13+/m0/s1. The van der Waals surface area contributed by atoms with Gasteiger partial charge in [-0.1, -0.05) is 23.7 Å². The normalized spacial score (nSPS) is 26.8. The Kier molecular flexibility index (Phi) is 4.37. The summed E-state index contributed by atoms with van der Waals surface area (Å²) < 4.78 is 18.5. The molecule has 1 aromatic rings. The van der Waals surface area contributed by atoms with Crippen molar-refractivity contribution in [2.75, 3.05) is 13.2 Å². The molecule has 1 unspecified atom stereocenters. The fraction of sp³-hybridized carbons (Fsp3) is 0.538. The lowest BCUT2D eigenvalue weighted by molar-refractivity contribution is -0.0340. The lowest BCUT2D eigenvalue weighted by Crippen LogP contribution is -2.50. The third kappa shape index (κ3) is 3.66. The molecule has 1 aliphatic rings. The Balaban J connectivity index is 1.84. The first-order valence-corrected chi connectivity index (χ1v) is 6.26. The van der Waals surface area contributed by atoms with Gasteiger partial charge in [0, 0.05) is 17.6 Å². The van der Waals surface area contributed by atoms with Gasteiger partial charge in [-0.15, -0.1) is 0 Å². The number of hydrogen-bond acceptors (Lipinski definition) is 2. The van der Waals surface area contributed by atoms with E-state index in [0.717, 1.165) is 11.4 Å². The smallest absolute Gasteiger partial charge is 0.125 e. The highest BCUT2D eigenvalue weighted by molar-refractivity contribution is 6.30. The van der Waals surface area contributed by atoms with Gasteiger partial charge in [0.05, 0.1) is 6.61 Å². The van der Waals surface area contributed by atoms with Gasteiger partial charge in [-0.25, -0.2) is 4.39 Å². The molecule has 1 saturated heterocycles. The predicted octanol–water partition coefficient (Wildman–Crippen LogP) is 2.60. The molecule has 1 fully saturated rings. The van der Waals surface area contributed by atoms with E-state index in [-0.39, 0.29) is 12.1 Å². The second-order valence-corrected chi connectivity index (χ2v) is 4.92. The van der Waals surface area contributed by atoms with E-state index in [4.69, 9.17) is 16.3 Å². The molecule has 1 N–H and O–H groups in total. The summed E-state index contributed by atoms with van der Waals surface area (Å²) in [6.45, 7) is 2.67. The zero-order valence-corrected chi connectivity index (χ0v) is 10.6. The monoisotopic (exact) mass is 257 g/mol. The van der Waals surface area contributed by atoms with Crippen LogP contribution in [-0.2, 0) is 11.2 Å². The third-order valence-electron chi connectivity index (χ3n) is 3.03. The summed E-state index contributed by atoms with van der Waals surface area (Å²) in [5, 5.41) is 4.06. The zero-order valence-electron chi connectivity index (χ0n) is 9.83. The van der Waals surface area contributed by atoms with E-state index >= 15 is 0 Å². The Labute approximate surface area is 106 Å². The molecule has 0 bridgehead atoms. The molecule has 1 heterocycles. The van der Waals surface area contributed by atoms with Crippen molar-refractivity contribution in [1.82, 2.24) is 5.32 Å². The van der Waals surface area contributed by atoms with E-state index in [0.29, 0.717) is 13.2 Å². The third-order valence-corrected chi connectivity index (χ3v) is 3.28. The van der Waals surface area contributed by atoms with Gasteiger partial charge in [0.1, 0.15) is 12.3 Å². The first kappa shape index (κ1) is 12.8. The van der Waals surface area contributed by atoms with Crippen LogP contribution in [0.15, 0.2) is 24.3 Å². The minimum Gasteiger partial charge on any atom is -0.372 e. The van der Waals surface area contributed by atoms with Crippen molar-refractivity contribution in [3.05, 3.63) is 34.9 Å². The van der Waals surface area contributed by atoms with Crippen molar-refractivity contribution < 1.29 is 9.13 Å². The molecule has 0 radical (unpaired) electrons. The number of benzene rings is 1. The Hall–Kier alpha value is -0.640. The van der Waals surface area contributed by atoms with Gasteiger partial charge in [0.25, 0.3) is 0 Å². The van der Waals surface area contributed by atoms with Gasteiger partial charge in [-0.2, -0.15) is 0 Å². The van der Waals surface area contributed by atoms with Crippen molar-refractivity contribution in [3.8, 4) is 0 Å². The second-order valence-electron chi connectivity index (χ2n) is 4.49. The van der Waals surface area contributed by atoms with Gasteiger partial charge in [-0.3, -0.25) is 0 Å². The largest absolute Gasteiger partial charge is 0.372 e. The molecule has 17 heavy (non-hydrogen) atoms. The number of hydrogen-bond donors (Lipinski definition) is 1.